The zero-order valence-electron chi connectivity index (χ0n) is 13.5. The quantitative estimate of drug-likeness (QED) is 0.528. The van der Waals surface area contributed by atoms with Crippen LogP contribution in [0.2, 0.25) is 15.1 Å². The SMILES string of the molecule is O=C(COC(=O)c1sc2cc(F)ccc2c1Cl)NCc1ccc(Cl)cc1Cl. The largest absolute Gasteiger partial charge is 0.451 e. The molecule has 0 aliphatic rings. The average molecular weight is 447 g/mol. The summed E-state index contributed by atoms with van der Waals surface area (Å²) in [7, 11) is 0. The van der Waals surface area contributed by atoms with Crippen LogP contribution in [-0.2, 0) is 16.1 Å². The van der Waals surface area contributed by atoms with Crippen LogP contribution in [-0.4, -0.2) is 18.5 Å². The summed E-state index contributed by atoms with van der Waals surface area (Å²) in [4.78, 5) is 24.2. The van der Waals surface area contributed by atoms with Gasteiger partial charge in [-0.15, -0.1) is 11.3 Å². The third-order valence-electron chi connectivity index (χ3n) is 3.60. The van der Waals surface area contributed by atoms with Crippen molar-refractivity contribution in [3.8, 4) is 0 Å². The highest BCUT2D eigenvalue weighted by Gasteiger charge is 2.19. The fraction of sp³-hybridized carbons (Fsp3) is 0.111. The van der Waals surface area contributed by atoms with Crippen LogP contribution in [0.15, 0.2) is 36.4 Å². The number of carbonyl (C=O) groups is 2. The fourth-order valence-corrected chi connectivity index (χ4v) is 4.18. The maximum atomic E-state index is 13.3. The van der Waals surface area contributed by atoms with Crippen LogP contribution in [0.4, 0.5) is 4.39 Å². The Hall–Kier alpha value is -1.86. The number of esters is 1. The molecule has 0 unspecified atom stereocenters. The zero-order valence-corrected chi connectivity index (χ0v) is 16.6. The Morgan fingerprint density at radius 1 is 1.11 bits per heavy atom. The van der Waals surface area contributed by atoms with Crippen LogP contribution >= 0.6 is 46.1 Å². The van der Waals surface area contributed by atoms with Gasteiger partial charge in [0.2, 0.25) is 0 Å². The number of rotatable bonds is 5. The van der Waals surface area contributed by atoms with E-state index in [9.17, 15) is 14.0 Å². The number of hydrogen-bond donors (Lipinski definition) is 1. The van der Waals surface area contributed by atoms with Crippen molar-refractivity contribution in [2.24, 2.45) is 0 Å². The van der Waals surface area contributed by atoms with E-state index < -0.39 is 24.3 Å². The first kappa shape index (κ1) is 19.9. The van der Waals surface area contributed by atoms with Crippen LogP contribution in [0, 0.1) is 5.82 Å². The molecule has 0 spiro atoms. The lowest BCUT2D eigenvalue weighted by atomic mass is 10.2. The Balaban J connectivity index is 1.58. The molecule has 4 nitrogen and oxygen atoms in total. The van der Waals surface area contributed by atoms with Gasteiger partial charge in [0.25, 0.3) is 5.91 Å². The molecular formula is C18H11Cl3FNO3S. The van der Waals surface area contributed by atoms with Gasteiger partial charge in [0.15, 0.2) is 6.61 Å². The third kappa shape index (κ3) is 4.71. The number of amides is 1. The minimum absolute atomic E-state index is 0.116. The van der Waals surface area contributed by atoms with E-state index >= 15 is 0 Å². The number of halogens is 4. The molecule has 0 aliphatic heterocycles. The van der Waals surface area contributed by atoms with E-state index in [1.165, 1.54) is 18.2 Å². The van der Waals surface area contributed by atoms with Crippen molar-refractivity contribution in [1.29, 1.82) is 0 Å². The molecule has 0 bridgehead atoms. The first-order chi connectivity index (χ1) is 12.8. The number of benzene rings is 2. The van der Waals surface area contributed by atoms with Gasteiger partial charge < -0.3 is 10.1 Å². The summed E-state index contributed by atoms with van der Waals surface area (Å²) in [6.45, 7) is -0.321. The molecule has 3 rings (SSSR count). The van der Waals surface area contributed by atoms with Crippen LogP contribution in [0.5, 0.6) is 0 Å². The summed E-state index contributed by atoms with van der Waals surface area (Å²) in [6, 6.07) is 8.94. The Kier molecular flexibility index (Phi) is 6.22. The molecule has 3 aromatic rings. The van der Waals surface area contributed by atoms with Gasteiger partial charge in [0.1, 0.15) is 10.7 Å². The zero-order chi connectivity index (χ0) is 19.6. The molecule has 0 fully saturated rings. The van der Waals surface area contributed by atoms with E-state index in [4.69, 9.17) is 39.5 Å². The lowest BCUT2D eigenvalue weighted by Gasteiger charge is -2.08. The van der Waals surface area contributed by atoms with E-state index in [1.807, 2.05) is 0 Å². The molecule has 0 aliphatic carbocycles. The minimum Gasteiger partial charge on any atom is -0.451 e. The second-order valence-electron chi connectivity index (χ2n) is 5.47. The monoisotopic (exact) mass is 445 g/mol. The maximum Gasteiger partial charge on any atom is 0.350 e. The highest BCUT2D eigenvalue weighted by Crippen LogP contribution is 2.36. The van der Waals surface area contributed by atoms with Gasteiger partial charge in [-0.3, -0.25) is 4.79 Å². The number of carbonyl (C=O) groups excluding carboxylic acids is 2. The molecule has 1 N–H and O–H groups in total. The summed E-state index contributed by atoms with van der Waals surface area (Å²) in [5.74, 6) is -1.68. The lowest BCUT2D eigenvalue weighted by Crippen LogP contribution is -2.28. The summed E-state index contributed by atoms with van der Waals surface area (Å²) in [5, 5.41) is 4.23. The Morgan fingerprint density at radius 3 is 2.63 bits per heavy atom. The minimum atomic E-state index is -0.749. The molecule has 140 valence electrons. The summed E-state index contributed by atoms with van der Waals surface area (Å²) < 4.78 is 18.8. The van der Waals surface area contributed by atoms with Crippen LogP contribution in [0.25, 0.3) is 10.1 Å². The third-order valence-corrected chi connectivity index (χ3v) is 5.83. The molecule has 1 aromatic heterocycles. The second kappa shape index (κ2) is 8.44. The van der Waals surface area contributed by atoms with E-state index in [1.54, 1.807) is 18.2 Å². The number of nitrogens with one attached hydrogen (secondary N) is 1. The summed E-state index contributed by atoms with van der Waals surface area (Å²) in [6.07, 6.45) is 0. The van der Waals surface area contributed by atoms with Crippen molar-refractivity contribution in [2.75, 3.05) is 6.61 Å². The van der Waals surface area contributed by atoms with E-state index in [-0.39, 0.29) is 16.4 Å². The Morgan fingerprint density at radius 2 is 1.89 bits per heavy atom. The summed E-state index contributed by atoms with van der Waals surface area (Å²) in [5.41, 5.74) is 0.676. The molecule has 27 heavy (non-hydrogen) atoms. The van der Waals surface area contributed by atoms with Gasteiger partial charge >= 0.3 is 5.97 Å². The maximum absolute atomic E-state index is 13.3. The predicted octanol–water partition coefficient (Wildman–Crippen LogP) is 5.47. The topological polar surface area (TPSA) is 55.4 Å². The molecular weight excluding hydrogens is 436 g/mol. The Labute approximate surface area is 172 Å². The van der Waals surface area contributed by atoms with Crippen LogP contribution in [0.3, 0.4) is 0 Å². The van der Waals surface area contributed by atoms with Gasteiger partial charge in [0.05, 0.1) is 5.02 Å². The molecule has 0 saturated carbocycles. The molecule has 0 atom stereocenters. The van der Waals surface area contributed by atoms with Crippen molar-refractivity contribution in [3.05, 3.63) is 67.7 Å². The van der Waals surface area contributed by atoms with Crippen molar-refractivity contribution < 1.29 is 18.7 Å². The molecule has 1 amide bonds. The smallest absolute Gasteiger partial charge is 0.350 e. The fourth-order valence-electron chi connectivity index (χ4n) is 2.28. The van der Waals surface area contributed by atoms with E-state index in [0.29, 0.717) is 25.7 Å². The van der Waals surface area contributed by atoms with Gasteiger partial charge in [-0.2, -0.15) is 0 Å². The van der Waals surface area contributed by atoms with Crippen molar-refractivity contribution in [1.82, 2.24) is 5.32 Å². The number of thiophene rings is 1. The van der Waals surface area contributed by atoms with Crippen molar-refractivity contribution >= 4 is 68.1 Å². The van der Waals surface area contributed by atoms with Crippen LogP contribution < -0.4 is 5.32 Å². The Bertz CT molecular complexity index is 1040. The first-order valence-electron chi connectivity index (χ1n) is 7.60. The molecule has 9 heteroatoms. The molecule has 0 saturated heterocycles. The van der Waals surface area contributed by atoms with Gasteiger partial charge in [-0.05, 0) is 35.9 Å². The van der Waals surface area contributed by atoms with Crippen LogP contribution in [0.1, 0.15) is 15.2 Å². The molecule has 1 heterocycles. The number of hydrogen-bond acceptors (Lipinski definition) is 4. The van der Waals surface area contributed by atoms with Crippen molar-refractivity contribution in [2.45, 2.75) is 6.54 Å². The average Bonchev–Trinajstić information content (AvgIpc) is 2.95. The lowest BCUT2D eigenvalue weighted by molar-refractivity contribution is -0.124. The summed E-state index contributed by atoms with van der Waals surface area (Å²) >= 11 is 19.0. The number of fused-ring (bicyclic) bond motifs is 1. The molecule has 0 radical (unpaired) electrons. The normalized spacial score (nSPS) is 10.8. The first-order valence-corrected chi connectivity index (χ1v) is 9.55. The van der Waals surface area contributed by atoms with Gasteiger partial charge in [0, 0.05) is 26.7 Å². The standard InChI is InChI=1S/C18H11Cl3FNO3S/c19-10-2-1-9(13(20)5-10)7-23-15(24)8-26-18(25)17-16(21)12-4-3-11(22)6-14(12)27-17/h1-6H,7-8H2,(H,23,24). The van der Waals surface area contributed by atoms with Gasteiger partial charge in [-0.25, -0.2) is 9.18 Å². The van der Waals surface area contributed by atoms with Crippen molar-refractivity contribution in [3.63, 3.8) is 0 Å². The second-order valence-corrected chi connectivity index (χ2v) is 7.75. The predicted molar refractivity (Wildman–Crippen MR) is 105 cm³/mol. The van der Waals surface area contributed by atoms with E-state index in [2.05, 4.69) is 5.32 Å². The molecule has 2 aromatic carbocycles. The number of ether oxygens (including phenoxy) is 1. The van der Waals surface area contributed by atoms with Gasteiger partial charge in [-0.1, -0.05) is 40.9 Å². The highest BCUT2D eigenvalue weighted by molar-refractivity contribution is 7.21. The van der Waals surface area contributed by atoms with E-state index in [0.717, 1.165) is 11.3 Å². The highest BCUT2D eigenvalue weighted by atomic mass is 35.5.